The topological polar surface area (TPSA) is 35.5 Å². The van der Waals surface area contributed by atoms with Crippen molar-refractivity contribution >= 4 is 0 Å². The lowest BCUT2D eigenvalue weighted by Crippen LogP contribution is -2.43. The molecule has 114 valence electrons. The molecule has 0 aromatic heterocycles. The van der Waals surface area contributed by atoms with Gasteiger partial charge in [-0.2, -0.15) is 0 Å². The fourth-order valence-electron chi connectivity index (χ4n) is 3.28. The van der Waals surface area contributed by atoms with Gasteiger partial charge in [-0.15, -0.1) is 0 Å². The zero-order chi connectivity index (χ0) is 13.9. The second-order valence-corrected chi connectivity index (χ2v) is 5.94. The largest absolute Gasteiger partial charge is 0.395 e. The molecule has 0 saturated heterocycles. The summed E-state index contributed by atoms with van der Waals surface area (Å²) < 4.78 is 0. The molecule has 19 heavy (non-hydrogen) atoms. The van der Waals surface area contributed by atoms with E-state index >= 15 is 0 Å². The van der Waals surface area contributed by atoms with Gasteiger partial charge in [0.05, 0.1) is 6.61 Å². The van der Waals surface area contributed by atoms with Crippen molar-refractivity contribution in [2.24, 2.45) is 5.92 Å². The van der Waals surface area contributed by atoms with Crippen molar-refractivity contribution in [3.05, 3.63) is 0 Å². The molecule has 1 saturated carbocycles. The summed E-state index contributed by atoms with van der Waals surface area (Å²) in [4.78, 5) is 2.48. The zero-order valence-electron chi connectivity index (χ0n) is 13.0. The Morgan fingerprint density at radius 1 is 1.11 bits per heavy atom. The first-order valence-corrected chi connectivity index (χ1v) is 8.38. The minimum absolute atomic E-state index is 0.294. The van der Waals surface area contributed by atoms with Crippen LogP contribution in [0.2, 0.25) is 0 Å². The Balaban J connectivity index is 2.50. The lowest BCUT2D eigenvalue weighted by Gasteiger charge is -2.31. The Morgan fingerprint density at radius 3 is 2.58 bits per heavy atom. The summed E-state index contributed by atoms with van der Waals surface area (Å²) >= 11 is 0. The maximum absolute atomic E-state index is 9.23. The van der Waals surface area contributed by atoms with Gasteiger partial charge in [0, 0.05) is 19.1 Å². The first-order chi connectivity index (χ1) is 9.31. The molecule has 2 atom stereocenters. The van der Waals surface area contributed by atoms with Gasteiger partial charge in [-0.05, 0) is 38.3 Å². The van der Waals surface area contributed by atoms with E-state index < -0.39 is 0 Å². The Labute approximate surface area is 119 Å². The highest BCUT2D eigenvalue weighted by Gasteiger charge is 2.24. The van der Waals surface area contributed by atoms with Gasteiger partial charge in [0.2, 0.25) is 0 Å². The summed E-state index contributed by atoms with van der Waals surface area (Å²) in [7, 11) is 0. The van der Waals surface area contributed by atoms with Crippen LogP contribution in [0.4, 0.5) is 0 Å². The fourth-order valence-corrected chi connectivity index (χ4v) is 3.28. The maximum atomic E-state index is 9.23. The van der Waals surface area contributed by atoms with E-state index in [9.17, 15) is 5.11 Å². The van der Waals surface area contributed by atoms with Gasteiger partial charge in [0.15, 0.2) is 0 Å². The average molecular weight is 270 g/mol. The molecular weight excluding hydrogens is 236 g/mol. The molecule has 0 spiro atoms. The SMILES string of the molecule is CCCCN(CCO)CC1CCCCCC1NCC. The van der Waals surface area contributed by atoms with Gasteiger partial charge in [-0.1, -0.05) is 39.5 Å². The fraction of sp³-hybridized carbons (Fsp3) is 1.00. The minimum atomic E-state index is 0.294. The van der Waals surface area contributed by atoms with Crippen LogP contribution in [0, 0.1) is 5.92 Å². The number of unbranched alkanes of at least 4 members (excludes halogenated alkanes) is 1. The first-order valence-electron chi connectivity index (χ1n) is 8.38. The molecule has 0 amide bonds. The molecule has 1 aliphatic carbocycles. The van der Waals surface area contributed by atoms with E-state index in [1.165, 1.54) is 44.9 Å². The second-order valence-electron chi connectivity index (χ2n) is 5.94. The number of rotatable bonds is 9. The molecule has 2 unspecified atom stereocenters. The van der Waals surface area contributed by atoms with Crippen LogP contribution in [0.25, 0.3) is 0 Å². The molecule has 3 nitrogen and oxygen atoms in total. The number of aliphatic hydroxyl groups excluding tert-OH is 1. The third-order valence-electron chi connectivity index (χ3n) is 4.36. The molecule has 1 fully saturated rings. The molecule has 0 aromatic carbocycles. The Hall–Kier alpha value is -0.120. The summed E-state index contributed by atoms with van der Waals surface area (Å²) in [6.07, 6.45) is 9.33. The summed E-state index contributed by atoms with van der Waals surface area (Å²) in [5.74, 6) is 0.769. The molecule has 2 N–H and O–H groups in total. The monoisotopic (exact) mass is 270 g/mol. The zero-order valence-corrected chi connectivity index (χ0v) is 13.0. The van der Waals surface area contributed by atoms with Crippen LogP contribution in [-0.2, 0) is 0 Å². The van der Waals surface area contributed by atoms with E-state index in [4.69, 9.17) is 0 Å². The lowest BCUT2D eigenvalue weighted by molar-refractivity contribution is 0.155. The van der Waals surface area contributed by atoms with Gasteiger partial charge in [-0.25, -0.2) is 0 Å². The van der Waals surface area contributed by atoms with Crippen molar-refractivity contribution in [1.29, 1.82) is 0 Å². The predicted molar refractivity (Wildman–Crippen MR) is 82.5 cm³/mol. The van der Waals surface area contributed by atoms with Crippen LogP contribution < -0.4 is 5.32 Å². The van der Waals surface area contributed by atoms with Crippen LogP contribution >= 0.6 is 0 Å². The highest BCUT2D eigenvalue weighted by atomic mass is 16.3. The van der Waals surface area contributed by atoms with Gasteiger partial charge in [0.25, 0.3) is 0 Å². The molecular formula is C16H34N2O. The van der Waals surface area contributed by atoms with Crippen molar-refractivity contribution in [2.45, 2.75) is 64.8 Å². The van der Waals surface area contributed by atoms with Crippen molar-refractivity contribution in [2.75, 3.05) is 32.8 Å². The van der Waals surface area contributed by atoms with Crippen molar-refractivity contribution in [3.63, 3.8) is 0 Å². The molecule has 1 rings (SSSR count). The molecule has 0 heterocycles. The summed E-state index contributed by atoms with van der Waals surface area (Å²) in [5, 5.41) is 12.9. The van der Waals surface area contributed by atoms with Crippen LogP contribution in [0.5, 0.6) is 0 Å². The highest BCUT2D eigenvalue weighted by Crippen LogP contribution is 2.24. The minimum Gasteiger partial charge on any atom is -0.395 e. The van der Waals surface area contributed by atoms with Crippen molar-refractivity contribution in [3.8, 4) is 0 Å². The summed E-state index contributed by atoms with van der Waals surface area (Å²) in [6.45, 7) is 8.98. The molecule has 0 aliphatic heterocycles. The van der Waals surface area contributed by atoms with E-state index in [0.717, 1.165) is 32.1 Å². The van der Waals surface area contributed by atoms with Gasteiger partial charge < -0.3 is 15.3 Å². The third-order valence-corrected chi connectivity index (χ3v) is 4.36. The Morgan fingerprint density at radius 2 is 1.89 bits per heavy atom. The first kappa shape index (κ1) is 16.9. The van der Waals surface area contributed by atoms with Crippen LogP contribution in [0.1, 0.15) is 58.8 Å². The third kappa shape index (κ3) is 6.73. The lowest BCUT2D eigenvalue weighted by atomic mass is 9.94. The normalized spacial score (nSPS) is 24.6. The molecule has 0 aromatic rings. The Kier molecular flexibility index (Phi) is 9.48. The number of nitrogens with one attached hydrogen (secondary N) is 1. The van der Waals surface area contributed by atoms with Crippen LogP contribution in [-0.4, -0.2) is 48.8 Å². The Bertz CT molecular complexity index is 211. The molecule has 1 aliphatic rings. The van der Waals surface area contributed by atoms with E-state index in [1.54, 1.807) is 0 Å². The molecule has 3 heteroatoms. The van der Waals surface area contributed by atoms with Crippen LogP contribution in [0.3, 0.4) is 0 Å². The van der Waals surface area contributed by atoms with Crippen molar-refractivity contribution in [1.82, 2.24) is 10.2 Å². The quantitative estimate of drug-likeness (QED) is 0.632. The molecule has 0 radical (unpaired) electrons. The maximum Gasteiger partial charge on any atom is 0.0558 e. The van der Waals surface area contributed by atoms with Gasteiger partial charge >= 0.3 is 0 Å². The number of hydrogen-bond acceptors (Lipinski definition) is 3. The van der Waals surface area contributed by atoms with E-state index in [1.807, 2.05) is 0 Å². The number of hydrogen-bond donors (Lipinski definition) is 2. The van der Waals surface area contributed by atoms with E-state index in [2.05, 4.69) is 24.1 Å². The second kappa shape index (κ2) is 10.6. The van der Waals surface area contributed by atoms with Crippen LogP contribution in [0.15, 0.2) is 0 Å². The average Bonchev–Trinajstić information content (AvgIpc) is 2.63. The smallest absolute Gasteiger partial charge is 0.0558 e. The highest BCUT2D eigenvalue weighted by molar-refractivity contribution is 4.81. The van der Waals surface area contributed by atoms with Gasteiger partial charge in [-0.3, -0.25) is 0 Å². The van der Waals surface area contributed by atoms with E-state index in [-0.39, 0.29) is 0 Å². The van der Waals surface area contributed by atoms with Gasteiger partial charge in [0.1, 0.15) is 0 Å². The summed E-state index contributed by atoms with van der Waals surface area (Å²) in [5.41, 5.74) is 0. The summed E-state index contributed by atoms with van der Waals surface area (Å²) in [6, 6.07) is 0.690. The predicted octanol–water partition coefficient (Wildman–Crippen LogP) is 2.64. The van der Waals surface area contributed by atoms with E-state index in [0.29, 0.717) is 12.6 Å². The number of aliphatic hydroxyl groups is 1. The van der Waals surface area contributed by atoms with Crippen molar-refractivity contribution < 1.29 is 5.11 Å². The number of nitrogens with zero attached hydrogens (tertiary/aromatic N) is 1. The standard InChI is InChI=1S/C16H34N2O/c1-3-5-11-18(12-13-19)14-15-9-7-6-8-10-16(15)17-4-2/h15-17,19H,3-14H2,1-2H3. The molecule has 0 bridgehead atoms.